The van der Waals surface area contributed by atoms with Crippen LogP contribution in [0.25, 0.3) is 0 Å². The predicted octanol–water partition coefficient (Wildman–Crippen LogP) is 4.10. The van der Waals surface area contributed by atoms with Crippen molar-refractivity contribution in [3.8, 4) is 0 Å². The van der Waals surface area contributed by atoms with E-state index in [1.807, 2.05) is 6.07 Å². The maximum absolute atomic E-state index is 13.5. The molecule has 1 atom stereocenters. The molecular formula is C17H20FNS. The lowest BCUT2D eigenvalue weighted by atomic mass is 10.0. The summed E-state index contributed by atoms with van der Waals surface area (Å²) < 4.78 is 13.5. The van der Waals surface area contributed by atoms with Crippen LogP contribution >= 0.6 is 11.8 Å². The number of benzene rings is 2. The van der Waals surface area contributed by atoms with Crippen LogP contribution in [0.5, 0.6) is 0 Å². The van der Waals surface area contributed by atoms with Gasteiger partial charge in [-0.05, 0) is 38.0 Å². The Kier molecular flexibility index (Phi) is 5.21. The van der Waals surface area contributed by atoms with Crippen molar-refractivity contribution in [3.05, 3.63) is 65.0 Å². The van der Waals surface area contributed by atoms with E-state index in [0.717, 1.165) is 6.42 Å². The number of halogens is 1. The zero-order valence-electron chi connectivity index (χ0n) is 11.9. The van der Waals surface area contributed by atoms with Gasteiger partial charge in [0.1, 0.15) is 5.82 Å². The second-order valence-electron chi connectivity index (χ2n) is 5.20. The molecule has 0 heterocycles. The molecule has 0 saturated carbocycles. The summed E-state index contributed by atoms with van der Waals surface area (Å²) in [5, 5.41) is 0. The molecule has 2 aromatic carbocycles. The minimum atomic E-state index is -0.170. The second kappa shape index (κ2) is 6.91. The Morgan fingerprint density at radius 3 is 2.40 bits per heavy atom. The fraction of sp³-hybridized carbons (Fsp3) is 0.294. The fourth-order valence-electron chi connectivity index (χ4n) is 2.31. The standard InChI is InChI=1S/C17H20FNS/c1-12-7-13(2)9-14(8-12)10-15(19)11-20-17-6-4-3-5-16(17)18/h3-9,15H,10-11,19H2,1-2H3. The lowest BCUT2D eigenvalue weighted by Crippen LogP contribution is -2.25. The maximum Gasteiger partial charge on any atom is 0.136 e. The summed E-state index contributed by atoms with van der Waals surface area (Å²) in [6.07, 6.45) is 0.823. The minimum Gasteiger partial charge on any atom is -0.327 e. The topological polar surface area (TPSA) is 26.0 Å². The molecular weight excluding hydrogens is 269 g/mol. The normalized spacial score (nSPS) is 12.4. The average molecular weight is 289 g/mol. The highest BCUT2D eigenvalue weighted by molar-refractivity contribution is 7.99. The van der Waals surface area contributed by atoms with E-state index in [4.69, 9.17) is 5.73 Å². The highest BCUT2D eigenvalue weighted by Gasteiger charge is 2.08. The SMILES string of the molecule is Cc1cc(C)cc(CC(N)CSc2ccccc2F)c1. The van der Waals surface area contributed by atoms with Crippen LogP contribution in [0, 0.1) is 19.7 Å². The van der Waals surface area contributed by atoms with E-state index < -0.39 is 0 Å². The first-order valence-corrected chi connectivity index (χ1v) is 7.73. The molecule has 20 heavy (non-hydrogen) atoms. The van der Waals surface area contributed by atoms with E-state index in [2.05, 4.69) is 32.0 Å². The van der Waals surface area contributed by atoms with Gasteiger partial charge in [0.2, 0.25) is 0 Å². The molecule has 0 aliphatic rings. The number of hydrogen-bond donors (Lipinski definition) is 1. The van der Waals surface area contributed by atoms with Crippen LogP contribution in [0.1, 0.15) is 16.7 Å². The quantitative estimate of drug-likeness (QED) is 0.838. The molecule has 0 saturated heterocycles. The van der Waals surface area contributed by atoms with E-state index in [9.17, 15) is 4.39 Å². The number of thioether (sulfide) groups is 1. The van der Waals surface area contributed by atoms with Gasteiger partial charge in [-0.2, -0.15) is 0 Å². The van der Waals surface area contributed by atoms with Crippen LogP contribution in [0.15, 0.2) is 47.4 Å². The van der Waals surface area contributed by atoms with Gasteiger partial charge in [-0.1, -0.05) is 41.5 Å². The van der Waals surface area contributed by atoms with Crippen molar-refractivity contribution in [2.75, 3.05) is 5.75 Å². The van der Waals surface area contributed by atoms with Crippen LogP contribution in [-0.4, -0.2) is 11.8 Å². The first kappa shape index (κ1) is 15.1. The Hall–Kier alpha value is -1.32. The van der Waals surface area contributed by atoms with Crippen molar-refractivity contribution in [1.29, 1.82) is 0 Å². The number of aryl methyl sites for hydroxylation is 2. The molecule has 0 fully saturated rings. The van der Waals surface area contributed by atoms with Crippen molar-refractivity contribution in [2.24, 2.45) is 5.73 Å². The first-order valence-electron chi connectivity index (χ1n) is 6.74. The third-order valence-electron chi connectivity index (χ3n) is 3.07. The summed E-state index contributed by atoms with van der Waals surface area (Å²) in [6, 6.07) is 13.3. The van der Waals surface area contributed by atoms with Crippen molar-refractivity contribution >= 4 is 11.8 Å². The van der Waals surface area contributed by atoms with E-state index >= 15 is 0 Å². The lowest BCUT2D eigenvalue weighted by Gasteiger charge is -2.13. The summed E-state index contributed by atoms with van der Waals surface area (Å²) in [5.74, 6) is 0.546. The molecule has 2 N–H and O–H groups in total. The van der Waals surface area contributed by atoms with Gasteiger partial charge in [0.25, 0.3) is 0 Å². The molecule has 0 radical (unpaired) electrons. The highest BCUT2D eigenvalue weighted by Crippen LogP contribution is 2.22. The predicted molar refractivity (Wildman–Crippen MR) is 84.7 cm³/mol. The van der Waals surface area contributed by atoms with Gasteiger partial charge in [-0.15, -0.1) is 11.8 Å². The molecule has 0 aromatic heterocycles. The van der Waals surface area contributed by atoms with Crippen molar-refractivity contribution in [3.63, 3.8) is 0 Å². The van der Waals surface area contributed by atoms with Crippen molar-refractivity contribution < 1.29 is 4.39 Å². The minimum absolute atomic E-state index is 0.0285. The summed E-state index contributed by atoms with van der Waals surface area (Å²) in [5.41, 5.74) is 9.93. The molecule has 2 rings (SSSR count). The molecule has 0 amide bonds. The molecule has 0 aliphatic carbocycles. The monoisotopic (exact) mass is 289 g/mol. The number of hydrogen-bond acceptors (Lipinski definition) is 2. The smallest absolute Gasteiger partial charge is 0.136 e. The van der Waals surface area contributed by atoms with Crippen LogP contribution in [0.3, 0.4) is 0 Å². The van der Waals surface area contributed by atoms with Crippen LogP contribution in [-0.2, 0) is 6.42 Å². The van der Waals surface area contributed by atoms with Gasteiger partial charge in [-0.25, -0.2) is 4.39 Å². The van der Waals surface area contributed by atoms with Crippen LogP contribution in [0.2, 0.25) is 0 Å². The summed E-state index contributed by atoms with van der Waals surface area (Å²) >= 11 is 1.48. The van der Waals surface area contributed by atoms with E-state index in [1.54, 1.807) is 12.1 Å². The van der Waals surface area contributed by atoms with Crippen molar-refractivity contribution in [2.45, 2.75) is 31.2 Å². The number of nitrogens with two attached hydrogens (primary N) is 1. The molecule has 1 unspecified atom stereocenters. The second-order valence-corrected chi connectivity index (χ2v) is 6.26. The Morgan fingerprint density at radius 2 is 1.75 bits per heavy atom. The Morgan fingerprint density at radius 1 is 1.10 bits per heavy atom. The maximum atomic E-state index is 13.5. The van der Waals surface area contributed by atoms with Crippen LogP contribution in [0.4, 0.5) is 4.39 Å². The molecule has 2 aromatic rings. The highest BCUT2D eigenvalue weighted by atomic mass is 32.2. The van der Waals surface area contributed by atoms with E-state index in [-0.39, 0.29) is 11.9 Å². The summed E-state index contributed by atoms with van der Waals surface area (Å²) in [6.45, 7) is 4.19. The van der Waals surface area contributed by atoms with Crippen LogP contribution < -0.4 is 5.73 Å². The average Bonchev–Trinajstić information content (AvgIpc) is 2.36. The van der Waals surface area contributed by atoms with Gasteiger partial charge in [0.05, 0.1) is 0 Å². The van der Waals surface area contributed by atoms with Gasteiger partial charge in [-0.3, -0.25) is 0 Å². The van der Waals surface area contributed by atoms with E-state index in [1.165, 1.54) is 34.5 Å². The number of rotatable bonds is 5. The fourth-order valence-corrected chi connectivity index (χ4v) is 3.20. The molecule has 0 aliphatic heterocycles. The third kappa shape index (κ3) is 4.36. The zero-order chi connectivity index (χ0) is 14.5. The Labute approximate surface area is 124 Å². The Bertz CT molecular complexity index is 563. The molecule has 3 heteroatoms. The molecule has 106 valence electrons. The molecule has 0 bridgehead atoms. The van der Waals surface area contributed by atoms with Gasteiger partial charge in [0.15, 0.2) is 0 Å². The molecule has 0 spiro atoms. The summed E-state index contributed by atoms with van der Waals surface area (Å²) in [7, 11) is 0. The van der Waals surface area contributed by atoms with Gasteiger partial charge >= 0.3 is 0 Å². The third-order valence-corrected chi connectivity index (χ3v) is 4.31. The molecule has 1 nitrogen and oxygen atoms in total. The van der Waals surface area contributed by atoms with E-state index in [0.29, 0.717) is 10.6 Å². The lowest BCUT2D eigenvalue weighted by molar-refractivity contribution is 0.601. The van der Waals surface area contributed by atoms with Crippen molar-refractivity contribution in [1.82, 2.24) is 0 Å². The largest absolute Gasteiger partial charge is 0.327 e. The van der Waals surface area contributed by atoms with Gasteiger partial charge < -0.3 is 5.73 Å². The zero-order valence-corrected chi connectivity index (χ0v) is 12.7. The summed E-state index contributed by atoms with van der Waals surface area (Å²) in [4.78, 5) is 0.670. The first-order chi connectivity index (χ1) is 9.54. The van der Waals surface area contributed by atoms with Gasteiger partial charge in [0, 0.05) is 16.7 Å². The Balaban J connectivity index is 1.92.